The first-order valence-electron chi connectivity index (χ1n) is 7.30. The third kappa shape index (κ3) is 5.74. The van der Waals surface area contributed by atoms with Crippen LogP contribution >= 0.6 is 4.64 Å². The second kappa shape index (κ2) is 8.54. The van der Waals surface area contributed by atoms with Crippen molar-refractivity contribution in [2.24, 2.45) is 4.75 Å². The normalized spacial score (nSPS) is 16.9. The molecule has 1 unspecified atom stereocenters. The summed E-state index contributed by atoms with van der Waals surface area (Å²) in [5.74, 6) is 0. The van der Waals surface area contributed by atoms with Crippen molar-refractivity contribution in [3.05, 3.63) is 53.5 Å². The molecule has 1 aromatic heterocycles. The average molecular weight is 445 g/mol. The number of allylic oxidation sites excluding steroid dienone is 3. The van der Waals surface area contributed by atoms with Crippen LogP contribution in [0.5, 0.6) is 0 Å². The summed E-state index contributed by atoms with van der Waals surface area (Å²) in [5.41, 5.74) is 4.77. The first-order chi connectivity index (χ1) is 10.5. The van der Waals surface area contributed by atoms with Crippen LogP contribution in [-0.4, -0.2) is 53.3 Å². The minimum atomic E-state index is -1.15. The molecule has 0 spiro atoms. The van der Waals surface area contributed by atoms with Crippen molar-refractivity contribution in [1.82, 2.24) is 9.98 Å². The van der Waals surface area contributed by atoms with Gasteiger partial charge in [-0.25, -0.2) is 0 Å². The standard InChI is InChI=1S/C16H22N3PSe2/c1-13-3-5-15(11-18-13)7-9-20(21,22-17)10-8-16-6-4-14(2)19-12-16/h3-6,11-12H,7-10,17H2,1-2H3/q+1. The SMILES string of the molecule is CC1=[N+]C=C(CC[P+]([Se-])(CCc2ccc(C)nc2)[Se]N)C=C1. The van der Waals surface area contributed by atoms with Gasteiger partial charge in [0.05, 0.1) is 0 Å². The molecular weight excluding hydrogens is 423 g/mol. The summed E-state index contributed by atoms with van der Waals surface area (Å²) in [5, 5.41) is 0. The summed E-state index contributed by atoms with van der Waals surface area (Å²) in [4.78, 5) is 8.75. The third-order valence-electron chi connectivity index (χ3n) is 3.62. The van der Waals surface area contributed by atoms with Crippen molar-refractivity contribution >= 4 is 40.7 Å². The second-order valence-corrected chi connectivity index (χ2v) is 21.9. The Morgan fingerprint density at radius 1 is 1.23 bits per heavy atom. The Bertz CT molecular complexity index is 596. The number of pyridine rings is 1. The van der Waals surface area contributed by atoms with E-state index in [-0.39, 0.29) is 14.7 Å². The molecule has 1 aliphatic heterocycles. The van der Waals surface area contributed by atoms with E-state index in [0.717, 1.165) is 24.2 Å². The topological polar surface area (TPSA) is 53.0 Å². The Morgan fingerprint density at radius 2 is 2.00 bits per heavy atom. The first-order valence-corrected chi connectivity index (χ1v) is 14.9. The van der Waals surface area contributed by atoms with Gasteiger partial charge in [-0.2, -0.15) is 0 Å². The molecule has 2 heterocycles. The number of nitrogens with zero attached hydrogens (tertiary/aromatic N) is 2. The fourth-order valence-electron chi connectivity index (χ4n) is 2.11. The molecule has 3 nitrogen and oxygen atoms in total. The molecule has 1 aliphatic rings. The molecule has 2 N–H and O–H groups in total. The van der Waals surface area contributed by atoms with Gasteiger partial charge in [0.1, 0.15) is 0 Å². The Balaban J connectivity index is 1.88. The van der Waals surface area contributed by atoms with E-state index in [9.17, 15) is 0 Å². The number of hydrogen-bond acceptors (Lipinski definition) is 3. The molecule has 0 fully saturated rings. The molecule has 6 heteroatoms. The van der Waals surface area contributed by atoms with Crippen LogP contribution in [0.25, 0.3) is 0 Å². The van der Waals surface area contributed by atoms with E-state index >= 15 is 0 Å². The summed E-state index contributed by atoms with van der Waals surface area (Å²) in [6.07, 6.45) is 12.7. The van der Waals surface area contributed by atoms with E-state index in [4.69, 9.17) is 4.75 Å². The number of aryl methyl sites for hydroxylation is 2. The van der Waals surface area contributed by atoms with Gasteiger partial charge in [-0.05, 0) is 0 Å². The average Bonchev–Trinajstić information content (AvgIpc) is 2.54. The molecule has 0 saturated carbocycles. The van der Waals surface area contributed by atoms with Crippen LogP contribution in [0.1, 0.15) is 24.6 Å². The van der Waals surface area contributed by atoms with Crippen molar-refractivity contribution in [3.63, 3.8) is 0 Å². The van der Waals surface area contributed by atoms with Gasteiger partial charge in [0, 0.05) is 0 Å². The Morgan fingerprint density at radius 3 is 2.59 bits per heavy atom. The summed E-state index contributed by atoms with van der Waals surface area (Å²) in [6.45, 7) is 4.04. The monoisotopic (exact) mass is 447 g/mol. The number of rotatable bonds is 7. The van der Waals surface area contributed by atoms with E-state index in [1.165, 1.54) is 23.5 Å². The molecule has 117 valence electrons. The van der Waals surface area contributed by atoms with Gasteiger partial charge in [0.2, 0.25) is 0 Å². The van der Waals surface area contributed by atoms with Gasteiger partial charge in [-0.1, -0.05) is 0 Å². The molecule has 0 amide bonds. The predicted molar refractivity (Wildman–Crippen MR) is 99.7 cm³/mol. The molecule has 0 aromatic carbocycles. The van der Waals surface area contributed by atoms with Gasteiger partial charge < -0.3 is 0 Å². The molecule has 0 bridgehead atoms. The van der Waals surface area contributed by atoms with E-state index in [1.807, 2.05) is 26.2 Å². The van der Waals surface area contributed by atoms with Crippen LogP contribution in [0, 0.1) is 6.92 Å². The number of hydrogen-bond donors (Lipinski definition) is 1. The van der Waals surface area contributed by atoms with E-state index in [0.29, 0.717) is 0 Å². The maximum atomic E-state index is 6.13. The number of nitrogens with two attached hydrogens (primary N) is 1. The first kappa shape index (κ1) is 18.1. The zero-order valence-electron chi connectivity index (χ0n) is 13.0. The fraction of sp³-hybridized carbons (Fsp3) is 0.375. The van der Waals surface area contributed by atoms with Crippen molar-refractivity contribution in [2.75, 3.05) is 12.3 Å². The van der Waals surface area contributed by atoms with Gasteiger partial charge in [-0.15, -0.1) is 0 Å². The van der Waals surface area contributed by atoms with Crippen molar-refractivity contribution in [3.8, 4) is 0 Å². The van der Waals surface area contributed by atoms with Crippen LogP contribution < -0.4 is 9.74 Å². The van der Waals surface area contributed by atoms with Gasteiger partial charge in [-0.3, -0.25) is 0 Å². The van der Waals surface area contributed by atoms with Crippen LogP contribution in [0.15, 0.2) is 42.3 Å². The van der Waals surface area contributed by atoms with Crippen molar-refractivity contribution in [1.29, 1.82) is 0 Å². The third-order valence-corrected chi connectivity index (χ3v) is 15.6. The van der Waals surface area contributed by atoms with E-state index in [1.54, 1.807) is 0 Å². The van der Waals surface area contributed by atoms with Crippen LogP contribution in [0.3, 0.4) is 0 Å². The van der Waals surface area contributed by atoms with E-state index in [2.05, 4.69) is 49.8 Å². The molecule has 1 radical (unpaired) electrons. The molecule has 0 aliphatic carbocycles. The van der Waals surface area contributed by atoms with Crippen molar-refractivity contribution in [2.45, 2.75) is 26.7 Å². The molecule has 2 rings (SSSR count). The second-order valence-electron chi connectivity index (χ2n) is 5.48. The van der Waals surface area contributed by atoms with Crippen LogP contribution in [0.2, 0.25) is 0 Å². The molecule has 22 heavy (non-hydrogen) atoms. The van der Waals surface area contributed by atoms with Crippen molar-refractivity contribution < 1.29 is 0 Å². The number of aliphatic imine (C=N–C) groups is 1. The quantitative estimate of drug-likeness (QED) is 0.517. The molecule has 1 aromatic rings. The Hall–Kier alpha value is -0.271. The minimum absolute atomic E-state index is 0.198. The van der Waals surface area contributed by atoms with Gasteiger partial charge in [0.25, 0.3) is 0 Å². The van der Waals surface area contributed by atoms with Crippen LogP contribution in [0.4, 0.5) is 0 Å². The Labute approximate surface area is 147 Å². The summed E-state index contributed by atoms with van der Waals surface area (Å²) in [7, 11) is 0. The fourth-order valence-corrected chi connectivity index (χ4v) is 7.37. The zero-order chi connectivity index (χ0) is 16.0. The number of aromatic nitrogens is 1. The summed E-state index contributed by atoms with van der Waals surface area (Å²) >= 11 is 3.67. The molecule has 0 saturated heterocycles. The van der Waals surface area contributed by atoms with Gasteiger partial charge >= 0.3 is 148 Å². The maximum absolute atomic E-state index is 6.13. The van der Waals surface area contributed by atoms with Gasteiger partial charge in [0.15, 0.2) is 0 Å². The molecular formula is C16H22N3PSe2+. The van der Waals surface area contributed by atoms with E-state index < -0.39 is 4.64 Å². The molecule has 1 atom stereocenters. The predicted octanol–water partition coefficient (Wildman–Crippen LogP) is 2.17. The zero-order valence-corrected chi connectivity index (χ0v) is 17.3. The Kier molecular flexibility index (Phi) is 7.02. The summed E-state index contributed by atoms with van der Waals surface area (Å²) in [6, 6.07) is 4.26. The summed E-state index contributed by atoms with van der Waals surface area (Å²) < 4.78 is 4.99. The van der Waals surface area contributed by atoms with Crippen LogP contribution in [-0.2, 0) is 6.42 Å².